The molecule has 7 aromatic rings. The van der Waals surface area contributed by atoms with E-state index < -0.39 is 0 Å². The molecule has 1 aliphatic heterocycles. The Labute approximate surface area is 277 Å². The van der Waals surface area contributed by atoms with Crippen molar-refractivity contribution in [3.63, 3.8) is 0 Å². The summed E-state index contributed by atoms with van der Waals surface area (Å²) < 4.78 is 0. The van der Waals surface area contributed by atoms with E-state index >= 15 is 0 Å². The van der Waals surface area contributed by atoms with E-state index in [0.717, 1.165) is 22.7 Å². The number of nitrogens with zero attached hydrogens (tertiary/aromatic N) is 2. The minimum absolute atomic E-state index is 0.147. The van der Waals surface area contributed by atoms with Crippen LogP contribution in [0.5, 0.6) is 0 Å². The van der Waals surface area contributed by atoms with Gasteiger partial charge in [0.15, 0.2) is 0 Å². The van der Waals surface area contributed by atoms with Crippen molar-refractivity contribution >= 4 is 34.1 Å². The molecule has 2 nitrogen and oxygen atoms in total. The van der Waals surface area contributed by atoms with Gasteiger partial charge in [-0.1, -0.05) is 141 Å². The van der Waals surface area contributed by atoms with Crippen molar-refractivity contribution in [2.75, 3.05) is 9.80 Å². The van der Waals surface area contributed by atoms with Crippen molar-refractivity contribution in [1.82, 2.24) is 0 Å². The molecule has 0 radical (unpaired) electrons. The highest BCUT2D eigenvalue weighted by atomic mass is 15.2. The van der Waals surface area contributed by atoms with Crippen LogP contribution in [0.1, 0.15) is 25.0 Å². The lowest BCUT2D eigenvalue weighted by Crippen LogP contribution is -2.30. The van der Waals surface area contributed by atoms with Crippen molar-refractivity contribution < 1.29 is 0 Å². The monoisotopic (exact) mass is 604 g/mol. The molecular weight excluding hydrogens is 569 g/mol. The fraction of sp³-hybridized carbons (Fsp3) is 0.0667. The van der Waals surface area contributed by atoms with Crippen LogP contribution in [-0.4, -0.2) is 0 Å². The summed E-state index contributed by atoms with van der Waals surface area (Å²) in [5, 5.41) is 0. The van der Waals surface area contributed by atoms with E-state index in [1.807, 2.05) is 0 Å². The lowest BCUT2D eigenvalue weighted by Gasteiger charge is -2.42. The van der Waals surface area contributed by atoms with Gasteiger partial charge in [0.1, 0.15) is 0 Å². The van der Waals surface area contributed by atoms with Crippen LogP contribution in [-0.2, 0) is 5.41 Å². The highest BCUT2D eigenvalue weighted by molar-refractivity contribution is 5.92. The Morgan fingerprint density at radius 1 is 0.426 bits per heavy atom. The van der Waals surface area contributed by atoms with Crippen molar-refractivity contribution in [2.45, 2.75) is 19.3 Å². The molecule has 0 aromatic heterocycles. The Hall–Kier alpha value is -5.86. The first-order valence-electron chi connectivity index (χ1n) is 16.3. The van der Waals surface area contributed by atoms with Gasteiger partial charge < -0.3 is 9.80 Å². The van der Waals surface area contributed by atoms with Crippen LogP contribution in [0.2, 0.25) is 0 Å². The molecule has 0 bridgehead atoms. The third-order valence-electron chi connectivity index (χ3n) is 9.45. The Bertz CT molecular complexity index is 2150. The molecule has 0 unspecified atom stereocenters. The fourth-order valence-electron chi connectivity index (χ4n) is 7.09. The van der Waals surface area contributed by atoms with Gasteiger partial charge in [-0.3, -0.25) is 0 Å². The predicted octanol–water partition coefficient (Wildman–Crippen LogP) is 12.6. The Morgan fingerprint density at radius 3 is 1.70 bits per heavy atom. The number of hydrogen-bond donors (Lipinski definition) is 0. The van der Waals surface area contributed by atoms with Crippen LogP contribution >= 0.6 is 0 Å². The normalized spacial score (nSPS) is 13.0. The van der Waals surface area contributed by atoms with Crippen molar-refractivity contribution in [2.24, 2.45) is 0 Å². The maximum atomic E-state index is 2.43. The van der Waals surface area contributed by atoms with Crippen LogP contribution in [0.3, 0.4) is 0 Å². The summed E-state index contributed by atoms with van der Waals surface area (Å²) in [4.78, 5) is 4.80. The van der Waals surface area contributed by atoms with Gasteiger partial charge in [0.2, 0.25) is 0 Å². The molecule has 0 fully saturated rings. The van der Waals surface area contributed by atoms with E-state index in [1.165, 1.54) is 44.8 Å². The highest BCUT2D eigenvalue weighted by Gasteiger charge is 2.37. The van der Waals surface area contributed by atoms with Crippen LogP contribution in [0.4, 0.5) is 34.1 Å². The molecule has 0 aliphatic carbocycles. The molecule has 47 heavy (non-hydrogen) atoms. The van der Waals surface area contributed by atoms with Gasteiger partial charge in [-0.2, -0.15) is 0 Å². The Kier molecular flexibility index (Phi) is 7.19. The van der Waals surface area contributed by atoms with Crippen LogP contribution < -0.4 is 9.80 Å². The number of hydrogen-bond acceptors (Lipinski definition) is 2. The molecule has 8 rings (SSSR count). The van der Waals surface area contributed by atoms with Gasteiger partial charge in [-0.15, -0.1) is 0 Å². The molecule has 0 saturated heterocycles. The maximum absolute atomic E-state index is 2.43. The molecule has 1 heterocycles. The predicted molar refractivity (Wildman–Crippen MR) is 199 cm³/mol. The molecule has 0 saturated carbocycles. The van der Waals surface area contributed by atoms with Gasteiger partial charge in [0.25, 0.3) is 0 Å². The zero-order chi connectivity index (χ0) is 31.8. The Morgan fingerprint density at radius 2 is 0.957 bits per heavy atom. The average molecular weight is 605 g/mol. The first kappa shape index (κ1) is 28.6. The lowest BCUT2D eigenvalue weighted by molar-refractivity contribution is 0.632. The summed E-state index contributed by atoms with van der Waals surface area (Å²) in [6.45, 7) is 4.69. The number of rotatable bonds is 6. The molecule has 2 heteroatoms. The molecule has 226 valence electrons. The average Bonchev–Trinajstić information content (AvgIpc) is 3.13. The summed E-state index contributed by atoms with van der Waals surface area (Å²) in [6.07, 6.45) is 0. The van der Waals surface area contributed by atoms with Gasteiger partial charge in [-0.25, -0.2) is 0 Å². The summed E-state index contributed by atoms with van der Waals surface area (Å²) >= 11 is 0. The molecule has 1 aliphatic rings. The van der Waals surface area contributed by atoms with E-state index in [9.17, 15) is 0 Å². The summed E-state index contributed by atoms with van der Waals surface area (Å²) in [7, 11) is 0. The van der Waals surface area contributed by atoms with E-state index in [-0.39, 0.29) is 5.41 Å². The quantitative estimate of drug-likeness (QED) is 0.186. The zero-order valence-electron chi connectivity index (χ0n) is 26.7. The molecular formula is C45H36N2. The molecule has 0 amide bonds. The maximum Gasteiger partial charge on any atom is 0.0540 e. The van der Waals surface area contributed by atoms with Crippen LogP contribution in [0.15, 0.2) is 182 Å². The molecule has 0 N–H and O–H groups in total. The van der Waals surface area contributed by atoms with E-state index in [4.69, 9.17) is 0 Å². The van der Waals surface area contributed by atoms with Gasteiger partial charge >= 0.3 is 0 Å². The highest BCUT2D eigenvalue weighted by Crippen LogP contribution is 2.53. The second-order valence-corrected chi connectivity index (χ2v) is 12.6. The number of anilines is 6. The fourth-order valence-corrected chi connectivity index (χ4v) is 7.09. The number of para-hydroxylation sites is 4. The standard InChI is InChI=1S/C45H36N2/c1-45(2)40-23-13-15-25-43(40)47(37-20-10-5-11-21-37)44-32-35(28-31-41(44)45)39-22-12-14-24-42(39)46(36-18-8-4-9-19-36)38-29-26-34(27-30-38)33-16-6-3-7-17-33/h3-32H,1-2H3. The van der Waals surface area contributed by atoms with E-state index in [2.05, 4.69) is 206 Å². The van der Waals surface area contributed by atoms with Crippen molar-refractivity contribution in [3.8, 4) is 22.3 Å². The van der Waals surface area contributed by atoms with E-state index in [0.29, 0.717) is 0 Å². The van der Waals surface area contributed by atoms with Crippen molar-refractivity contribution in [1.29, 1.82) is 0 Å². The largest absolute Gasteiger partial charge is 0.310 e. The lowest BCUT2D eigenvalue weighted by atomic mass is 9.73. The first-order valence-corrected chi connectivity index (χ1v) is 16.3. The minimum Gasteiger partial charge on any atom is -0.310 e. The second-order valence-electron chi connectivity index (χ2n) is 12.6. The van der Waals surface area contributed by atoms with Gasteiger partial charge in [0.05, 0.1) is 17.1 Å². The second kappa shape index (κ2) is 11.8. The smallest absolute Gasteiger partial charge is 0.0540 e. The molecule has 0 atom stereocenters. The number of benzene rings is 7. The Balaban J connectivity index is 1.29. The zero-order valence-corrected chi connectivity index (χ0v) is 26.7. The summed E-state index contributed by atoms with van der Waals surface area (Å²) in [5.74, 6) is 0. The SMILES string of the molecule is CC1(C)c2ccccc2N(c2ccccc2)c2cc(-c3ccccc3N(c3ccccc3)c3ccc(-c4ccccc4)cc3)ccc21. The first-order chi connectivity index (χ1) is 23.1. The third-order valence-corrected chi connectivity index (χ3v) is 9.45. The summed E-state index contributed by atoms with van der Waals surface area (Å²) in [5.41, 5.74) is 14.2. The van der Waals surface area contributed by atoms with Gasteiger partial charge in [0, 0.05) is 28.0 Å². The van der Waals surface area contributed by atoms with E-state index in [1.54, 1.807) is 0 Å². The minimum atomic E-state index is -0.147. The molecule has 0 spiro atoms. The summed E-state index contributed by atoms with van der Waals surface area (Å²) in [6, 6.07) is 65.5. The van der Waals surface area contributed by atoms with Crippen molar-refractivity contribution in [3.05, 3.63) is 193 Å². The topological polar surface area (TPSA) is 6.48 Å². The van der Waals surface area contributed by atoms with Crippen LogP contribution in [0, 0.1) is 0 Å². The third kappa shape index (κ3) is 5.09. The van der Waals surface area contributed by atoms with Crippen LogP contribution in [0.25, 0.3) is 22.3 Å². The molecule has 7 aromatic carbocycles. The van der Waals surface area contributed by atoms with Gasteiger partial charge in [-0.05, 0) is 82.4 Å². The number of fused-ring (bicyclic) bond motifs is 2.